The van der Waals surface area contributed by atoms with E-state index in [9.17, 15) is 14.7 Å². The van der Waals surface area contributed by atoms with Crippen LogP contribution in [0, 0.1) is 5.92 Å². The van der Waals surface area contributed by atoms with Crippen molar-refractivity contribution in [2.75, 3.05) is 33.4 Å². The molecule has 1 heterocycles. The SMILES string of the molecule is COCCOc1cc(O)cc(C(=O)N2CCC(Cc3ccc(C(=O)O)cc3)C2)c1. The maximum Gasteiger partial charge on any atom is 0.335 e. The van der Waals surface area contributed by atoms with Crippen molar-refractivity contribution in [3.05, 3.63) is 59.2 Å². The number of nitrogens with zero attached hydrogens (tertiary/aromatic N) is 1. The van der Waals surface area contributed by atoms with Crippen LogP contribution in [0.15, 0.2) is 42.5 Å². The van der Waals surface area contributed by atoms with E-state index in [-0.39, 0.29) is 17.2 Å². The van der Waals surface area contributed by atoms with Crippen molar-refractivity contribution < 1.29 is 29.3 Å². The topological polar surface area (TPSA) is 96.3 Å². The lowest BCUT2D eigenvalue weighted by Crippen LogP contribution is -2.29. The van der Waals surface area contributed by atoms with Gasteiger partial charge in [0.25, 0.3) is 5.91 Å². The van der Waals surface area contributed by atoms with Gasteiger partial charge in [0.2, 0.25) is 0 Å². The molecule has 7 heteroatoms. The van der Waals surface area contributed by atoms with Crippen molar-refractivity contribution in [1.82, 2.24) is 4.90 Å². The lowest BCUT2D eigenvalue weighted by atomic mass is 9.98. The Morgan fingerprint density at radius 1 is 1.10 bits per heavy atom. The second-order valence-corrected chi connectivity index (χ2v) is 7.17. The quantitative estimate of drug-likeness (QED) is 0.663. The molecule has 1 saturated heterocycles. The number of carbonyl (C=O) groups is 2. The molecule has 2 aromatic carbocycles. The molecule has 0 saturated carbocycles. The number of likely N-dealkylation sites (tertiary alicyclic amines) is 1. The first-order valence-corrected chi connectivity index (χ1v) is 9.53. The van der Waals surface area contributed by atoms with Gasteiger partial charge in [-0.25, -0.2) is 4.79 Å². The van der Waals surface area contributed by atoms with Crippen molar-refractivity contribution in [3.8, 4) is 11.5 Å². The molecule has 1 fully saturated rings. The highest BCUT2D eigenvalue weighted by Crippen LogP contribution is 2.26. The second-order valence-electron chi connectivity index (χ2n) is 7.17. The number of phenols is 1. The molecule has 0 aliphatic carbocycles. The summed E-state index contributed by atoms with van der Waals surface area (Å²) in [5.41, 5.74) is 1.72. The summed E-state index contributed by atoms with van der Waals surface area (Å²) in [5.74, 6) is -0.353. The monoisotopic (exact) mass is 399 g/mol. The average molecular weight is 399 g/mol. The van der Waals surface area contributed by atoms with Crippen LogP contribution in [-0.2, 0) is 11.2 Å². The Labute approximate surface area is 169 Å². The predicted octanol–water partition coefficient (Wildman–Crippen LogP) is 2.82. The first-order valence-electron chi connectivity index (χ1n) is 9.53. The molecule has 0 aromatic heterocycles. The Kier molecular flexibility index (Phi) is 6.72. The Hall–Kier alpha value is -3.06. The number of carboxylic acid groups (broad SMARTS) is 1. The number of carboxylic acids is 1. The molecule has 2 N–H and O–H groups in total. The molecule has 2 aromatic rings. The summed E-state index contributed by atoms with van der Waals surface area (Å²) in [6.07, 6.45) is 1.66. The Morgan fingerprint density at radius 3 is 2.55 bits per heavy atom. The minimum absolute atomic E-state index is 0.0162. The summed E-state index contributed by atoms with van der Waals surface area (Å²) in [7, 11) is 1.57. The first-order chi connectivity index (χ1) is 14.0. The fourth-order valence-corrected chi connectivity index (χ4v) is 3.52. The van der Waals surface area contributed by atoms with Crippen molar-refractivity contribution in [1.29, 1.82) is 0 Å². The number of hydrogen-bond donors (Lipinski definition) is 2. The van der Waals surface area contributed by atoms with E-state index >= 15 is 0 Å². The molecule has 29 heavy (non-hydrogen) atoms. The van der Waals surface area contributed by atoms with E-state index in [1.807, 2.05) is 12.1 Å². The number of rotatable bonds is 8. The number of phenolic OH excluding ortho intramolecular Hbond substituents is 1. The van der Waals surface area contributed by atoms with E-state index in [2.05, 4.69) is 0 Å². The molecule has 1 atom stereocenters. The van der Waals surface area contributed by atoms with Gasteiger partial charge in [-0.15, -0.1) is 0 Å². The number of hydrogen-bond acceptors (Lipinski definition) is 5. The molecular formula is C22H25NO6. The molecule has 1 aliphatic heterocycles. The molecule has 0 bridgehead atoms. The first kappa shape index (κ1) is 20.7. The van der Waals surface area contributed by atoms with Gasteiger partial charge >= 0.3 is 5.97 Å². The van der Waals surface area contributed by atoms with E-state index < -0.39 is 5.97 Å². The molecule has 3 rings (SSSR count). The highest BCUT2D eigenvalue weighted by molar-refractivity contribution is 5.95. The maximum atomic E-state index is 12.9. The van der Waals surface area contributed by atoms with Crippen molar-refractivity contribution in [2.45, 2.75) is 12.8 Å². The second kappa shape index (κ2) is 9.43. The molecule has 7 nitrogen and oxygen atoms in total. The van der Waals surface area contributed by atoms with Gasteiger partial charge in [-0.1, -0.05) is 12.1 Å². The van der Waals surface area contributed by atoms with Crippen LogP contribution in [0.3, 0.4) is 0 Å². The van der Waals surface area contributed by atoms with Crippen LogP contribution in [0.1, 0.15) is 32.7 Å². The summed E-state index contributed by atoms with van der Waals surface area (Å²) < 4.78 is 10.4. The van der Waals surface area contributed by atoms with Crippen LogP contribution < -0.4 is 4.74 Å². The number of aromatic hydroxyl groups is 1. The van der Waals surface area contributed by atoms with E-state index in [1.165, 1.54) is 12.1 Å². The predicted molar refractivity (Wildman–Crippen MR) is 107 cm³/mol. The van der Waals surface area contributed by atoms with Gasteiger partial charge in [0.1, 0.15) is 18.1 Å². The van der Waals surface area contributed by atoms with Crippen LogP contribution in [-0.4, -0.2) is 60.4 Å². The van der Waals surface area contributed by atoms with Crippen LogP contribution in [0.4, 0.5) is 0 Å². The zero-order valence-electron chi connectivity index (χ0n) is 16.3. The van der Waals surface area contributed by atoms with Crippen molar-refractivity contribution in [2.24, 2.45) is 5.92 Å². The fraction of sp³-hybridized carbons (Fsp3) is 0.364. The normalized spacial score (nSPS) is 16.0. The van der Waals surface area contributed by atoms with Gasteiger partial charge in [0.15, 0.2) is 0 Å². The highest BCUT2D eigenvalue weighted by atomic mass is 16.5. The van der Waals surface area contributed by atoms with Gasteiger partial charge in [-0.2, -0.15) is 0 Å². The van der Waals surface area contributed by atoms with Gasteiger partial charge < -0.3 is 24.6 Å². The third-order valence-corrected chi connectivity index (χ3v) is 4.99. The lowest BCUT2D eigenvalue weighted by Gasteiger charge is -2.18. The number of benzene rings is 2. The smallest absolute Gasteiger partial charge is 0.335 e. The largest absolute Gasteiger partial charge is 0.508 e. The van der Waals surface area contributed by atoms with Crippen molar-refractivity contribution in [3.63, 3.8) is 0 Å². The van der Waals surface area contributed by atoms with Crippen LogP contribution in [0.2, 0.25) is 0 Å². The third kappa shape index (κ3) is 5.48. The Morgan fingerprint density at radius 2 is 1.86 bits per heavy atom. The molecule has 154 valence electrons. The highest BCUT2D eigenvalue weighted by Gasteiger charge is 2.27. The molecule has 0 radical (unpaired) electrons. The van der Waals surface area contributed by atoms with E-state index in [4.69, 9.17) is 14.6 Å². The summed E-state index contributed by atoms with van der Waals surface area (Å²) in [6.45, 7) is 2.02. The van der Waals surface area contributed by atoms with Gasteiger partial charge in [0, 0.05) is 31.8 Å². The Bertz CT molecular complexity index is 864. The number of ether oxygens (including phenoxy) is 2. The summed E-state index contributed by atoms with van der Waals surface area (Å²) in [6, 6.07) is 11.4. The van der Waals surface area contributed by atoms with Gasteiger partial charge in [-0.05, 0) is 48.6 Å². The number of methoxy groups -OCH3 is 1. The van der Waals surface area contributed by atoms with Gasteiger partial charge in [-0.3, -0.25) is 4.79 Å². The minimum atomic E-state index is -0.939. The van der Waals surface area contributed by atoms with E-state index in [1.54, 1.807) is 30.2 Å². The number of amides is 1. The Balaban J connectivity index is 1.60. The summed E-state index contributed by atoms with van der Waals surface area (Å²) >= 11 is 0. The van der Waals surface area contributed by atoms with Crippen LogP contribution in [0.25, 0.3) is 0 Å². The van der Waals surface area contributed by atoms with Crippen LogP contribution >= 0.6 is 0 Å². The average Bonchev–Trinajstić information content (AvgIpc) is 3.16. The zero-order chi connectivity index (χ0) is 20.8. The van der Waals surface area contributed by atoms with Crippen molar-refractivity contribution >= 4 is 11.9 Å². The molecule has 1 aliphatic rings. The molecule has 1 unspecified atom stereocenters. The summed E-state index contributed by atoms with van der Waals surface area (Å²) in [5, 5.41) is 18.9. The minimum Gasteiger partial charge on any atom is -0.508 e. The van der Waals surface area contributed by atoms with E-state index in [0.717, 1.165) is 18.4 Å². The third-order valence-electron chi connectivity index (χ3n) is 4.99. The number of aromatic carboxylic acids is 1. The molecular weight excluding hydrogens is 374 g/mol. The maximum absolute atomic E-state index is 12.9. The fourth-order valence-electron chi connectivity index (χ4n) is 3.52. The standard InChI is InChI=1S/C22H25NO6/c1-28-8-9-29-20-12-18(11-19(24)13-20)21(25)23-7-6-16(14-23)10-15-2-4-17(5-3-15)22(26)27/h2-5,11-13,16,24H,6-10,14H2,1H3,(H,26,27). The van der Waals surface area contributed by atoms with Gasteiger partial charge in [0.05, 0.1) is 12.2 Å². The van der Waals surface area contributed by atoms with E-state index in [0.29, 0.717) is 43.5 Å². The van der Waals surface area contributed by atoms with Crippen LogP contribution in [0.5, 0.6) is 11.5 Å². The molecule has 0 spiro atoms. The lowest BCUT2D eigenvalue weighted by molar-refractivity contribution is 0.0696. The number of carbonyl (C=O) groups excluding carboxylic acids is 1. The summed E-state index contributed by atoms with van der Waals surface area (Å²) in [4.78, 5) is 25.6. The zero-order valence-corrected chi connectivity index (χ0v) is 16.3. The molecule has 1 amide bonds.